The first kappa shape index (κ1) is 19.3. The Kier molecular flexibility index (Phi) is 6.04. The number of amides is 2. The molecule has 1 aliphatic rings. The van der Waals surface area contributed by atoms with Crippen molar-refractivity contribution in [2.75, 3.05) is 0 Å². The Morgan fingerprint density at radius 3 is 2.22 bits per heavy atom. The number of hydrogen-bond donors (Lipinski definition) is 2. The molecule has 0 saturated carbocycles. The Morgan fingerprint density at radius 1 is 1.11 bits per heavy atom. The summed E-state index contributed by atoms with van der Waals surface area (Å²) < 4.78 is 5.40. The molecule has 2 atom stereocenters. The van der Waals surface area contributed by atoms with Crippen molar-refractivity contribution in [1.82, 2.24) is 5.32 Å². The van der Waals surface area contributed by atoms with Gasteiger partial charge in [0.25, 0.3) is 11.1 Å². The van der Waals surface area contributed by atoms with E-state index in [2.05, 4.69) is 5.32 Å². The molecule has 1 heterocycles. The Hall–Kier alpha value is -2.50. The molecule has 1 unspecified atom stereocenters. The number of rotatable bonds is 6. The van der Waals surface area contributed by atoms with Crippen LogP contribution < -0.4 is 10.1 Å². The SMILES string of the molecule is O=C1NC(=O)/C(=C\c2ccc(Oc3ccc(C[C@H]([AsH2])C(=O)O)cc3)cc2)S1. The van der Waals surface area contributed by atoms with E-state index in [0.29, 0.717) is 22.8 Å². The molecule has 2 aromatic carbocycles. The van der Waals surface area contributed by atoms with E-state index < -0.39 is 5.97 Å². The zero-order valence-electron chi connectivity index (χ0n) is 14.0. The fourth-order valence-electron chi connectivity index (χ4n) is 2.38. The van der Waals surface area contributed by atoms with Crippen molar-refractivity contribution in [3.8, 4) is 11.5 Å². The standard InChI is InChI=1S/C19H16AsNO5S/c20-15(18(23)24)9-11-1-5-13(6-2-11)26-14-7-3-12(4-8-14)10-16-17(22)21-19(25)27-16/h1-8,10,15H,9,20H2,(H,23,24)(H,21,22,25)/b16-10+/t15-/m0/s1. The van der Waals surface area contributed by atoms with Crippen molar-refractivity contribution in [2.45, 2.75) is 11.1 Å². The van der Waals surface area contributed by atoms with Crippen molar-refractivity contribution in [3.05, 3.63) is 64.6 Å². The van der Waals surface area contributed by atoms with E-state index in [-0.39, 0.29) is 15.9 Å². The fourth-order valence-corrected chi connectivity index (χ4v) is 3.63. The molecular weight excluding hydrogens is 429 g/mol. The number of carbonyl (C=O) groups excluding carboxylic acids is 2. The molecule has 0 spiro atoms. The molecule has 2 aromatic rings. The number of hydrogen-bond acceptors (Lipinski definition) is 5. The Morgan fingerprint density at radius 2 is 1.70 bits per heavy atom. The van der Waals surface area contributed by atoms with E-state index in [1.807, 2.05) is 12.1 Å². The molecule has 0 aliphatic carbocycles. The third-order valence-corrected chi connectivity index (χ3v) is 5.66. The molecule has 0 aromatic heterocycles. The molecule has 6 nitrogen and oxygen atoms in total. The van der Waals surface area contributed by atoms with Crippen molar-refractivity contribution in [3.63, 3.8) is 0 Å². The maximum atomic E-state index is 11.6. The second-order valence-electron chi connectivity index (χ2n) is 5.82. The van der Waals surface area contributed by atoms with Gasteiger partial charge in [-0.3, -0.25) is 14.9 Å². The first-order chi connectivity index (χ1) is 12.9. The number of imide groups is 1. The van der Waals surface area contributed by atoms with E-state index in [1.54, 1.807) is 42.5 Å². The van der Waals surface area contributed by atoms with Gasteiger partial charge in [0, 0.05) is 0 Å². The van der Waals surface area contributed by atoms with Crippen LogP contribution in [0.15, 0.2) is 53.4 Å². The monoisotopic (exact) mass is 445 g/mol. The van der Waals surface area contributed by atoms with E-state index in [1.165, 1.54) is 16.9 Å². The summed E-state index contributed by atoms with van der Waals surface area (Å²) in [5.41, 5.74) is 1.73. The second-order valence-corrected chi connectivity index (χ2v) is 8.52. The van der Waals surface area contributed by atoms with Crippen molar-refractivity contribution in [2.24, 2.45) is 0 Å². The van der Waals surface area contributed by atoms with Crippen LogP contribution in [0.4, 0.5) is 4.79 Å². The quantitative estimate of drug-likeness (QED) is 0.525. The molecule has 1 fully saturated rings. The van der Waals surface area contributed by atoms with Gasteiger partial charge in [0.15, 0.2) is 0 Å². The van der Waals surface area contributed by atoms with E-state index in [4.69, 9.17) is 9.84 Å². The summed E-state index contributed by atoms with van der Waals surface area (Å²) in [4.78, 5) is 34.0. The van der Waals surface area contributed by atoms with Crippen LogP contribution in [-0.4, -0.2) is 39.1 Å². The molecule has 1 saturated heterocycles. The summed E-state index contributed by atoms with van der Waals surface area (Å²) >= 11 is 2.07. The number of nitrogens with one attached hydrogen (secondary N) is 1. The van der Waals surface area contributed by atoms with Gasteiger partial charge in [-0.1, -0.05) is 0 Å². The molecule has 2 amide bonds. The summed E-state index contributed by atoms with van der Waals surface area (Å²) in [6.45, 7) is 0. The van der Waals surface area contributed by atoms with E-state index in [9.17, 15) is 14.4 Å². The van der Waals surface area contributed by atoms with Gasteiger partial charge < -0.3 is 0 Å². The summed E-state index contributed by atoms with van der Waals surface area (Å²) in [7, 11) is 0. The molecule has 0 radical (unpaired) electrons. The van der Waals surface area contributed by atoms with Crippen LogP contribution in [0.5, 0.6) is 11.5 Å². The minimum Gasteiger partial charge on any atom is -0.0224 e. The van der Waals surface area contributed by atoms with Crippen LogP contribution >= 0.6 is 11.8 Å². The largest absolute Gasteiger partial charge is 0.0224 e. The maximum Gasteiger partial charge on any atom is -0.0224 e. The first-order valence-electron chi connectivity index (χ1n) is 8.01. The molecule has 27 heavy (non-hydrogen) atoms. The van der Waals surface area contributed by atoms with E-state index in [0.717, 1.165) is 22.9 Å². The fraction of sp³-hybridized carbons (Fsp3) is 0.105. The summed E-state index contributed by atoms with van der Waals surface area (Å²) in [5.74, 6) is 0.105. The Balaban J connectivity index is 1.63. The summed E-state index contributed by atoms with van der Waals surface area (Å²) in [5, 5.41) is 10.8. The van der Waals surface area contributed by atoms with Crippen LogP contribution in [0.1, 0.15) is 11.1 Å². The zero-order valence-corrected chi connectivity index (χ0v) is 17.3. The van der Waals surface area contributed by atoms with E-state index >= 15 is 0 Å². The number of ether oxygens (including phenoxy) is 1. The maximum absolute atomic E-state index is 11.6. The number of carboxylic acids is 1. The van der Waals surface area contributed by atoms with Gasteiger partial charge in [0.1, 0.15) is 0 Å². The predicted molar refractivity (Wildman–Crippen MR) is 106 cm³/mol. The summed E-state index contributed by atoms with van der Waals surface area (Å²) in [6, 6.07) is 14.5. The zero-order chi connectivity index (χ0) is 19.4. The number of aliphatic carboxylic acids is 1. The number of carboxylic acid groups (broad SMARTS) is 1. The topological polar surface area (TPSA) is 92.7 Å². The molecule has 138 valence electrons. The van der Waals surface area contributed by atoms with Crippen molar-refractivity contribution >= 4 is 51.8 Å². The Labute approximate surface area is 168 Å². The smallest absolute Gasteiger partial charge is 0.0224 e. The third-order valence-electron chi connectivity index (χ3n) is 3.75. The molecular formula is C19H16AsNO5S. The van der Waals surface area contributed by atoms with Crippen molar-refractivity contribution in [1.29, 1.82) is 0 Å². The van der Waals surface area contributed by atoms with Crippen LogP contribution in [-0.2, 0) is 16.0 Å². The van der Waals surface area contributed by atoms with Crippen LogP contribution in [0.3, 0.4) is 0 Å². The van der Waals surface area contributed by atoms with Crippen LogP contribution in [0, 0.1) is 0 Å². The third kappa shape index (κ3) is 5.25. The van der Waals surface area contributed by atoms with Gasteiger partial charge in [0.05, 0.1) is 4.91 Å². The minimum atomic E-state index is -0.789. The molecule has 2 N–H and O–H groups in total. The van der Waals surface area contributed by atoms with Gasteiger partial charge in [0.2, 0.25) is 0 Å². The predicted octanol–water partition coefficient (Wildman–Crippen LogP) is 2.85. The van der Waals surface area contributed by atoms with Gasteiger partial charge >= 0.3 is 126 Å². The molecule has 0 bridgehead atoms. The Bertz CT molecular complexity index is 909. The van der Waals surface area contributed by atoms with Crippen LogP contribution in [0.25, 0.3) is 6.08 Å². The molecule has 1 aliphatic heterocycles. The molecule has 8 heteroatoms. The average molecular weight is 445 g/mol. The van der Waals surface area contributed by atoms with Gasteiger partial charge in [-0.15, -0.1) is 0 Å². The normalized spacial score (nSPS) is 16.3. The van der Waals surface area contributed by atoms with Gasteiger partial charge in [-0.25, -0.2) is 0 Å². The number of carbonyl (C=O) groups is 3. The summed E-state index contributed by atoms with van der Waals surface area (Å²) in [6.07, 6.45) is 2.14. The average Bonchev–Trinajstić information content (AvgIpc) is 2.95. The van der Waals surface area contributed by atoms with Gasteiger partial charge in [-0.2, -0.15) is 0 Å². The van der Waals surface area contributed by atoms with Gasteiger partial charge in [-0.05, 0) is 11.8 Å². The van der Waals surface area contributed by atoms with Crippen molar-refractivity contribution < 1.29 is 24.2 Å². The van der Waals surface area contributed by atoms with Crippen LogP contribution in [0.2, 0.25) is 4.71 Å². The first-order valence-corrected chi connectivity index (χ1v) is 10.2. The molecule has 3 rings (SSSR count). The second kappa shape index (κ2) is 8.46. The minimum absolute atomic E-state index is 0.362. The number of thioether (sulfide) groups is 1. The number of benzene rings is 2.